The van der Waals surface area contributed by atoms with Gasteiger partial charge in [0.05, 0.1) is 17.6 Å². The molecule has 2 aromatic carbocycles. The second kappa shape index (κ2) is 9.02. The van der Waals surface area contributed by atoms with Crippen LogP contribution in [0, 0.1) is 16.0 Å². The number of hydrogen-bond acceptors (Lipinski definition) is 5. The highest BCUT2D eigenvalue weighted by atomic mass is 16.6. The van der Waals surface area contributed by atoms with Crippen molar-refractivity contribution < 1.29 is 19.2 Å². The number of amides is 1. The number of nitro benzene ring substituents is 1. The third kappa shape index (κ3) is 6.29. The molecule has 0 radical (unpaired) electrons. The lowest BCUT2D eigenvalue weighted by atomic mass is 10.1. The Bertz CT molecular complexity index is 801. The molecular formula is C20H24N2O5. The summed E-state index contributed by atoms with van der Waals surface area (Å²) in [7, 11) is 0. The third-order valence-electron chi connectivity index (χ3n) is 3.43. The fourth-order valence-electron chi connectivity index (χ4n) is 2.26. The molecule has 0 spiro atoms. The van der Waals surface area contributed by atoms with Crippen LogP contribution in [0.2, 0.25) is 0 Å². The minimum Gasteiger partial charge on any atom is -0.493 e. The summed E-state index contributed by atoms with van der Waals surface area (Å²) in [6.45, 7) is 8.40. The fraction of sp³-hybridized carbons (Fsp3) is 0.350. The summed E-state index contributed by atoms with van der Waals surface area (Å²) < 4.78 is 11.4. The van der Waals surface area contributed by atoms with Gasteiger partial charge in [0.15, 0.2) is 0 Å². The van der Waals surface area contributed by atoms with Crippen LogP contribution in [0.25, 0.3) is 0 Å². The van der Waals surface area contributed by atoms with E-state index < -0.39 is 4.92 Å². The largest absolute Gasteiger partial charge is 0.493 e. The minimum atomic E-state index is -0.489. The van der Waals surface area contributed by atoms with E-state index in [1.807, 2.05) is 27.7 Å². The number of ether oxygens (including phenoxy) is 2. The molecule has 27 heavy (non-hydrogen) atoms. The molecule has 0 aliphatic rings. The number of nitro groups is 1. The predicted molar refractivity (Wildman–Crippen MR) is 104 cm³/mol. The van der Waals surface area contributed by atoms with Gasteiger partial charge in [0.2, 0.25) is 0 Å². The molecule has 2 aromatic rings. The van der Waals surface area contributed by atoms with Crippen LogP contribution >= 0.6 is 0 Å². The summed E-state index contributed by atoms with van der Waals surface area (Å²) in [6, 6.07) is 10.7. The van der Waals surface area contributed by atoms with E-state index in [2.05, 4.69) is 5.32 Å². The number of hydrogen-bond donors (Lipinski definition) is 1. The van der Waals surface area contributed by atoms with Crippen molar-refractivity contribution in [1.29, 1.82) is 0 Å². The number of benzene rings is 2. The summed E-state index contributed by atoms with van der Waals surface area (Å²) in [4.78, 5) is 22.8. The van der Waals surface area contributed by atoms with Crippen molar-refractivity contribution in [3.05, 3.63) is 58.1 Å². The molecule has 0 fully saturated rings. The highest BCUT2D eigenvalue weighted by Crippen LogP contribution is 2.25. The van der Waals surface area contributed by atoms with Gasteiger partial charge in [-0.1, -0.05) is 13.8 Å². The van der Waals surface area contributed by atoms with E-state index >= 15 is 0 Å². The van der Waals surface area contributed by atoms with Crippen LogP contribution in [0.4, 0.5) is 11.4 Å². The number of nitrogens with zero attached hydrogens (tertiary/aromatic N) is 1. The van der Waals surface area contributed by atoms with Crippen LogP contribution in [0.5, 0.6) is 11.5 Å². The molecule has 0 saturated carbocycles. The number of nitrogens with one attached hydrogen (secondary N) is 1. The van der Waals surface area contributed by atoms with Crippen LogP contribution in [0.15, 0.2) is 42.5 Å². The molecule has 0 bridgehead atoms. The lowest BCUT2D eigenvalue weighted by Gasteiger charge is -2.15. The van der Waals surface area contributed by atoms with Crippen LogP contribution in [0.3, 0.4) is 0 Å². The van der Waals surface area contributed by atoms with Crippen molar-refractivity contribution in [2.45, 2.75) is 33.8 Å². The normalized spacial score (nSPS) is 10.7. The van der Waals surface area contributed by atoms with Crippen molar-refractivity contribution in [1.82, 2.24) is 0 Å². The highest BCUT2D eigenvalue weighted by Gasteiger charge is 2.13. The maximum atomic E-state index is 12.6. The van der Waals surface area contributed by atoms with E-state index in [-0.39, 0.29) is 17.7 Å². The molecule has 0 heterocycles. The Balaban J connectivity index is 2.21. The fourth-order valence-corrected chi connectivity index (χ4v) is 2.26. The molecule has 0 aromatic heterocycles. The molecule has 0 atom stereocenters. The smallest absolute Gasteiger partial charge is 0.269 e. The van der Waals surface area contributed by atoms with E-state index in [9.17, 15) is 14.9 Å². The highest BCUT2D eigenvalue weighted by molar-refractivity contribution is 6.04. The first-order valence-electron chi connectivity index (χ1n) is 8.75. The first-order chi connectivity index (χ1) is 12.7. The quantitative estimate of drug-likeness (QED) is 0.537. The van der Waals surface area contributed by atoms with Gasteiger partial charge in [0.25, 0.3) is 11.6 Å². The van der Waals surface area contributed by atoms with E-state index in [0.29, 0.717) is 35.3 Å². The average Bonchev–Trinajstić information content (AvgIpc) is 2.59. The van der Waals surface area contributed by atoms with Gasteiger partial charge in [-0.05, 0) is 44.0 Å². The van der Waals surface area contributed by atoms with E-state index in [0.717, 1.165) is 0 Å². The first kappa shape index (κ1) is 20.2. The standard InChI is InChI=1S/C20H24N2O5/c1-13(2)12-26-18-9-15(10-19(11-18)27-14(3)4)20(23)21-16-5-7-17(8-6-16)22(24)25/h5-11,13-14H,12H2,1-4H3,(H,21,23). The summed E-state index contributed by atoms with van der Waals surface area (Å²) >= 11 is 0. The Morgan fingerprint density at radius 3 is 2.26 bits per heavy atom. The molecule has 0 unspecified atom stereocenters. The van der Waals surface area contributed by atoms with E-state index in [1.54, 1.807) is 18.2 Å². The Kier molecular flexibility index (Phi) is 6.76. The lowest BCUT2D eigenvalue weighted by molar-refractivity contribution is -0.384. The van der Waals surface area contributed by atoms with Crippen molar-refractivity contribution in [3.63, 3.8) is 0 Å². The number of rotatable bonds is 8. The zero-order valence-corrected chi connectivity index (χ0v) is 15.9. The Hall–Kier alpha value is -3.09. The van der Waals surface area contributed by atoms with Gasteiger partial charge in [-0.15, -0.1) is 0 Å². The van der Waals surface area contributed by atoms with Gasteiger partial charge in [-0.3, -0.25) is 14.9 Å². The summed E-state index contributed by atoms with van der Waals surface area (Å²) in [5.74, 6) is 1.08. The van der Waals surface area contributed by atoms with Gasteiger partial charge in [-0.25, -0.2) is 0 Å². The second-order valence-electron chi connectivity index (χ2n) is 6.82. The van der Waals surface area contributed by atoms with Gasteiger partial charge >= 0.3 is 0 Å². The summed E-state index contributed by atoms with van der Waals surface area (Å²) in [5, 5.41) is 13.4. The molecule has 7 nitrogen and oxygen atoms in total. The number of carbonyl (C=O) groups excluding carboxylic acids is 1. The van der Waals surface area contributed by atoms with Crippen LogP contribution in [0.1, 0.15) is 38.1 Å². The summed E-state index contributed by atoms with van der Waals surface area (Å²) in [5.41, 5.74) is 0.806. The molecule has 0 aliphatic heterocycles. The zero-order chi connectivity index (χ0) is 20.0. The van der Waals surface area contributed by atoms with Gasteiger partial charge in [-0.2, -0.15) is 0 Å². The van der Waals surface area contributed by atoms with Crippen molar-refractivity contribution in [3.8, 4) is 11.5 Å². The van der Waals surface area contributed by atoms with Gasteiger partial charge < -0.3 is 14.8 Å². The lowest BCUT2D eigenvalue weighted by Crippen LogP contribution is -2.14. The number of non-ortho nitro benzene ring substituents is 1. The van der Waals surface area contributed by atoms with Crippen LogP contribution in [-0.4, -0.2) is 23.5 Å². The Labute approximate surface area is 158 Å². The van der Waals surface area contributed by atoms with Crippen LogP contribution < -0.4 is 14.8 Å². The molecule has 1 N–H and O–H groups in total. The maximum Gasteiger partial charge on any atom is 0.269 e. The second-order valence-corrected chi connectivity index (χ2v) is 6.82. The molecule has 0 aliphatic carbocycles. The Morgan fingerprint density at radius 2 is 1.70 bits per heavy atom. The number of carbonyl (C=O) groups is 1. The zero-order valence-electron chi connectivity index (χ0n) is 15.9. The monoisotopic (exact) mass is 372 g/mol. The average molecular weight is 372 g/mol. The topological polar surface area (TPSA) is 90.7 Å². The van der Waals surface area contributed by atoms with E-state index in [4.69, 9.17) is 9.47 Å². The summed E-state index contributed by atoms with van der Waals surface area (Å²) in [6.07, 6.45) is -0.0454. The minimum absolute atomic E-state index is 0.0373. The SMILES string of the molecule is CC(C)COc1cc(OC(C)C)cc(C(=O)Nc2ccc([N+](=O)[O-])cc2)c1. The van der Waals surface area contributed by atoms with Crippen molar-refractivity contribution in [2.75, 3.05) is 11.9 Å². The first-order valence-corrected chi connectivity index (χ1v) is 8.75. The Morgan fingerprint density at radius 1 is 1.07 bits per heavy atom. The molecule has 2 rings (SSSR count). The molecule has 0 saturated heterocycles. The molecule has 1 amide bonds. The molecule has 144 valence electrons. The van der Waals surface area contributed by atoms with Gasteiger partial charge in [0.1, 0.15) is 11.5 Å². The third-order valence-corrected chi connectivity index (χ3v) is 3.43. The molecular weight excluding hydrogens is 348 g/mol. The van der Waals surface area contributed by atoms with Crippen LogP contribution in [-0.2, 0) is 0 Å². The van der Waals surface area contributed by atoms with Gasteiger partial charge in [0, 0.05) is 29.4 Å². The predicted octanol–water partition coefficient (Wildman–Crippen LogP) is 4.67. The molecule has 7 heteroatoms. The number of anilines is 1. The van der Waals surface area contributed by atoms with Crippen molar-refractivity contribution in [2.24, 2.45) is 5.92 Å². The van der Waals surface area contributed by atoms with E-state index in [1.165, 1.54) is 24.3 Å². The maximum absolute atomic E-state index is 12.6. The van der Waals surface area contributed by atoms with Crippen molar-refractivity contribution >= 4 is 17.3 Å².